The van der Waals surface area contributed by atoms with Gasteiger partial charge in [-0.15, -0.1) is 0 Å². The van der Waals surface area contributed by atoms with Gasteiger partial charge in [0.2, 0.25) is 0 Å². The number of likely N-dealkylation sites (tertiary alicyclic amines) is 1. The number of esters is 1. The molecule has 3 heterocycles. The van der Waals surface area contributed by atoms with Gasteiger partial charge >= 0.3 is 5.97 Å². The number of hydrogen-bond acceptors (Lipinski definition) is 4. The van der Waals surface area contributed by atoms with E-state index < -0.39 is 12.1 Å². The Morgan fingerprint density at radius 2 is 1.88 bits per heavy atom. The Kier molecular flexibility index (Phi) is 4.83. The molecule has 1 aliphatic heterocycles. The maximum absolute atomic E-state index is 12.5. The monoisotopic (exact) mass is 329 g/mol. The van der Waals surface area contributed by atoms with E-state index >= 15 is 0 Å². The Labute approximate surface area is 141 Å². The van der Waals surface area contributed by atoms with Crippen LogP contribution in [-0.4, -0.2) is 45.4 Å². The molecule has 1 amide bonds. The molecule has 0 unspecified atom stereocenters. The summed E-state index contributed by atoms with van der Waals surface area (Å²) in [4.78, 5) is 30.9. The third kappa shape index (κ3) is 3.42. The molecule has 0 N–H and O–H groups in total. The van der Waals surface area contributed by atoms with E-state index in [-0.39, 0.29) is 11.6 Å². The summed E-state index contributed by atoms with van der Waals surface area (Å²) in [7, 11) is 0. The van der Waals surface area contributed by atoms with Crippen LogP contribution >= 0.6 is 0 Å². The van der Waals surface area contributed by atoms with Crippen molar-refractivity contribution in [2.45, 2.75) is 45.6 Å². The van der Waals surface area contributed by atoms with Crippen LogP contribution in [0, 0.1) is 6.92 Å². The van der Waals surface area contributed by atoms with Crippen LogP contribution < -0.4 is 0 Å². The molecule has 0 aliphatic carbocycles. The first-order valence-corrected chi connectivity index (χ1v) is 8.51. The molecule has 1 fully saturated rings. The van der Waals surface area contributed by atoms with Crippen molar-refractivity contribution in [3.8, 4) is 0 Å². The second kappa shape index (κ2) is 7.03. The van der Waals surface area contributed by atoms with Gasteiger partial charge < -0.3 is 14.0 Å². The predicted octanol–water partition coefficient (Wildman–Crippen LogP) is 2.59. The molecular weight excluding hydrogens is 306 g/mol. The number of rotatable bonds is 3. The fourth-order valence-corrected chi connectivity index (χ4v) is 3.07. The maximum atomic E-state index is 12.5. The fraction of sp³-hybridized carbons (Fsp3) is 0.500. The maximum Gasteiger partial charge on any atom is 0.359 e. The molecule has 6 nitrogen and oxygen atoms in total. The van der Waals surface area contributed by atoms with Crippen molar-refractivity contribution in [1.29, 1.82) is 0 Å². The van der Waals surface area contributed by atoms with Gasteiger partial charge in [0.15, 0.2) is 11.8 Å². The highest BCUT2D eigenvalue weighted by Gasteiger charge is 2.25. The number of pyridine rings is 1. The fourth-order valence-electron chi connectivity index (χ4n) is 3.07. The van der Waals surface area contributed by atoms with Gasteiger partial charge in [0.25, 0.3) is 5.91 Å². The van der Waals surface area contributed by atoms with Gasteiger partial charge in [0.1, 0.15) is 5.65 Å². The zero-order valence-corrected chi connectivity index (χ0v) is 14.2. The van der Waals surface area contributed by atoms with Gasteiger partial charge in [-0.25, -0.2) is 9.78 Å². The zero-order chi connectivity index (χ0) is 17.1. The highest BCUT2D eigenvalue weighted by molar-refractivity contribution is 5.91. The van der Waals surface area contributed by atoms with Gasteiger partial charge in [-0.2, -0.15) is 0 Å². The minimum Gasteiger partial charge on any atom is -0.448 e. The van der Waals surface area contributed by atoms with Gasteiger partial charge in [-0.1, -0.05) is 18.9 Å². The predicted molar refractivity (Wildman–Crippen MR) is 89.9 cm³/mol. The normalized spacial score (nSPS) is 16.7. The lowest BCUT2D eigenvalue weighted by molar-refractivity contribution is -0.139. The summed E-state index contributed by atoms with van der Waals surface area (Å²) in [5.74, 6) is -0.682. The zero-order valence-electron chi connectivity index (χ0n) is 14.2. The first-order valence-electron chi connectivity index (χ1n) is 8.51. The number of amides is 1. The van der Waals surface area contributed by atoms with Crippen LogP contribution in [0.1, 0.15) is 48.8 Å². The number of carbonyl (C=O) groups excluding carboxylic acids is 2. The quantitative estimate of drug-likeness (QED) is 0.812. The average molecular weight is 329 g/mol. The van der Waals surface area contributed by atoms with E-state index in [0.717, 1.165) is 44.5 Å². The van der Waals surface area contributed by atoms with E-state index in [1.54, 1.807) is 18.0 Å². The molecule has 3 rings (SSSR count). The summed E-state index contributed by atoms with van der Waals surface area (Å²) in [6.07, 6.45) is 5.19. The van der Waals surface area contributed by atoms with Crippen LogP contribution in [0.2, 0.25) is 0 Å². The van der Waals surface area contributed by atoms with E-state index in [0.29, 0.717) is 5.65 Å². The second-order valence-electron chi connectivity index (χ2n) is 6.31. The molecule has 128 valence electrons. The van der Waals surface area contributed by atoms with Crippen LogP contribution in [0.4, 0.5) is 0 Å². The summed E-state index contributed by atoms with van der Waals surface area (Å²) in [6, 6.07) is 5.66. The Balaban J connectivity index is 1.68. The van der Waals surface area contributed by atoms with Crippen molar-refractivity contribution in [3.63, 3.8) is 0 Å². The summed E-state index contributed by atoms with van der Waals surface area (Å²) < 4.78 is 7.19. The van der Waals surface area contributed by atoms with Gasteiger partial charge in [0.05, 0.1) is 0 Å². The number of nitrogens with zero attached hydrogens (tertiary/aromatic N) is 3. The minimum atomic E-state index is -0.790. The first kappa shape index (κ1) is 16.5. The summed E-state index contributed by atoms with van der Waals surface area (Å²) in [5.41, 5.74) is 1.89. The Morgan fingerprint density at radius 1 is 1.17 bits per heavy atom. The van der Waals surface area contributed by atoms with Crippen LogP contribution in [0.15, 0.2) is 24.4 Å². The van der Waals surface area contributed by atoms with Gasteiger partial charge in [-0.05, 0) is 38.8 Å². The largest absolute Gasteiger partial charge is 0.448 e. The number of imidazole rings is 1. The van der Waals surface area contributed by atoms with Gasteiger partial charge in [0, 0.05) is 25.0 Å². The third-order valence-electron chi connectivity index (χ3n) is 4.45. The van der Waals surface area contributed by atoms with Crippen molar-refractivity contribution >= 4 is 17.5 Å². The molecule has 1 atom stereocenters. The van der Waals surface area contributed by atoms with Crippen LogP contribution in [0.25, 0.3) is 5.65 Å². The lowest BCUT2D eigenvalue weighted by Crippen LogP contribution is -2.40. The van der Waals surface area contributed by atoms with E-state index in [1.807, 2.05) is 29.5 Å². The topological polar surface area (TPSA) is 63.9 Å². The SMILES string of the molecule is Cc1cccc2nc(C(=O)O[C@@H](C)C(=O)N3CCCCCC3)cn12. The number of carbonyl (C=O) groups is 2. The molecule has 1 saturated heterocycles. The van der Waals surface area contributed by atoms with Gasteiger partial charge in [-0.3, -0.25) is 4.79 Å². The highest BCUT2D eigenvalue weighted by atomic mass is 16.5. The Morgan fingerprint density at radius 3 is 2.54 bits per heavy atom. The molecule has 6 heteroatoms. The number of fused-ring (bicyclic) bond motifs is 1. The van der Waals surface area contributed by atoms with Crippen LogP contribution in [0.3, 0.4) is 0 Å². The molecule has 0 saturated carbocycles. The molecule has 0 radical (unpaired) electrons. The minimum absolute atomic E-state index is 0.120. The van der Waals surface area contributed by atoms with E-state index in [1.165, 1.54) is 0 Å². The molecule has 0 aromatic carbocycles. The van der Waals surface area contributed by atoms with Crippen molar-refractivity contribution in [3.05, 3.63) is 35.8 Å². The third-order valence-corrected chi connectivity index (χ3v) is 4.45. The molecular formula is C18H23N3O3. The number of aromatic nitrogens is 2. The van der Waals surface area contributed by atoms with E-state index in [4.69, 9.17) is 4.74 Å². The highest BCUT2D eigenvalue weighted by Crippen LogP contribution is 2.14. The van der Waals surface area contributed by atoms with Crippen molar-refractivity contribution in [2.75, 3.05) is 13.1 Å². The lowest BCUT2D eigenvalue weighted by atomic mass is 10.2. The lowest BCUT2D eigenvalue weighted by Gasteiger charge is -2.23. The van der Waals surface area contributed by atoms with Crippen LogP contribution in [0.5, 0.6) is 0 Å². The molecule has 0 spiro atoms. The summed E-state index contributed by atoms with van der Waals surface area (Å²) in [5, 5.41) is 0. The number of aryl methyl sites for hydroxylation is 1. The number of ether oxygens (including phenoxy) is 1. The molecule has 2 aromatic heterocycles. The number of hydrogen-bond donors (Lipinski definition) is 0. The first-order chi connectivity index (χ1) is 11.6. The Bertz CT molecular complexity index is 745. The molecule has 24 heavy (non-hydrogen) atoms. The molecule has 0 bridgehead atoms. The molecule has 1 aliphatic rings. The smallest absolute Gasteiger partial charge is 0.359 e. The average Bonchev–Trinajstić information content (AvgIpc) is 2.83. The molecule has 2 aromatic rings. The summed E-state index contributed by atoms with van der Waals surface area (Å²) >= 11 is 0. The van der Waals surface area contributed by atoms with Crippen molar-refractivity contribution in [1.82, 2.24) is 14.3 Å². The van der Waals surface area contributed by atoms with Crippen LogP contribution in [-0.2, 0) is 9.53 Å². The van der Waals surface area contributed by atoms with Crippen molar-refractivity contribution in [2.24, 2.45) is 0 Å². The summed E-state index contributed by atoms with van der Waals surface area (Å²) in [6.45, 7) is 5.06. The standard InChI is InChI=1S/C18H23N3O3/c1-13-8-7-9-16-19-15(12-21(13)16)18(23)24-14(2)17(22)20-10-5-3-4-6-11-20/h7-9,12,14H,3-6,10-11H2,1-2H3/t14-/m0/s1. The van der Waals surface area contributed by atoms with E-state index in [9.17, 15) is 9.59 Å². The Hall–Kier alpha value is -2.37. The van der Waals surface area contributed by atoms with E-state index in [2.05, 4.69) is 4.98 Å². The second-order valence-corrected chi connectivity index (χ2v) is 6.31. The van der Waals surface area contributed by atoms with Crippen molar-refractivity contribution < 1.29 is 14.3 Å².